The summed E-state index contributed by atoms with van der Waals surface area (Å²) in [6, 6.07) is 11.0. The lowest BCUT2D eigenvalue weighted by Crippen LogP contribution is -2.53. The number of carbonyl (C=O) groups is 5. The first-order valence-electron chi connectivity index (χ1n) is 16.4. The average Bonchev–Trinajstić information content (AvgIpc) is 3.47. The van der Waals surface area contributed by atoms with Crippen molar-refractivity contribution in [3.05, 3.63) is 98.1 Å². The number of amides is 4. The molecule has 276 valence electrons. The molecule has 2 aromatic carbocycles. The molecule has 4 aliphatic rings. The largest absolute Gasteiger partial charge is 0.508 e. The van der Waals surface area contributed by atoms with Crippen LogP contribution in [0.4, 0.5) is 19.0 Å². The van der Waals surface area contributed by atoms with E-state index in [1.807, 2.05) is 0 Å². The van der Waals surface area contributed by atoms with Crippen LogP contribution in [0.1, 0.15) is 48.3 Å². The molecule has 4 amide bonds. The van der Waals surface area contributed by atoms with Gasteiger partial charge in [0.2, 0.25) is 11.8 Å². The number of phenolic OH excluding ortho intramolecular Hbond substituents is 1. The van der Waals surface area contributed by atoms with Crippen molar-refractivity contribution in [3.8, 4) is 5.75 Å². The number of benzene rings is 2. The number of hydrogen-bond donors (Lipinski definition) is 3. The van der Waals surface area contributed by atoms with Crippen molar-refractivity contribution in [2.75, 3.05) is 12.0 Å². The molecule has 11 nitrogen and oxygen atoms in total. The van der Waals surface area contributed by atoms with Gasteiger partial charge in [0.05, 0.1) is 33.8 Å². The Morgan fingerprint density at radius 3 is 2.32 bits per heavy atom. The summed E-state index contributed by atoms with van der Waals surface area (Å²) < 4.78 is 40.2. The van der Waals surface area contributed by atoms with Crippen molar-refractivity contribution >= 4 is 70.2 Å². The van der Waals surface area contributed by atoms with E-state index >= 15 is 4.79 Å². The monoisotopic (exact) mass is 790 g/mol. The molecule has 17 heteroatoms. The van der Waals surface area contributed by atoms with Gasteiger partial charge in [-0.25, -0.2) is 4.98 Å². The van der Waals surface area contributed by atoms with Crippen LogP contribution in [-0.2, 0) is 35.6 Å². The molecule has 53 heavy (non-hydrogen) atoms. The maximum absolute atomic E-state index is 15.2. The number of halogens is 6. The smallest absolute Gasteiger partial charge is 0.417 e. The van der Waals surface area contributed by atoms with Crippen molar-refractivity contribution in [3.63, 3.8) is 0 Å². The number of carboxylic acid groups (broad SMARTS) is 1. The Bertz CT molecular complexity index is 2110. The Hall–Kier alpha value is -4.66. The Balaban J connectivity index is 1.40. The molecule has 1 saturated carbocycles. The van der Waals surface area contributed by atoms with Gasteiger partial charge in [0.1, 0.15) is 5.75 Å². The van der Waals surface area contributed by atoms with Crippen LogP contribution in [0.15, 0.2) is 66.4 Å². The molecule has 3 fully saturated rings. The predicted octanol–water partition coefficient (Wildman–Crippen LogP) is 6.62. The van der Waals surface area contributed by atoms with E-state index in [2.05, 4.69) is 10.4 Å². The van der Waals surface area contributed by atoms with E-state index in [4.69, 9.17) is 39.9 Å². The molecule has 6 unspecified atom stereocenters. The second kappa shape index (κ2) is 13.3. The fourth-order valence-corrected chi connectivity index (χ4v) is 9.07. The lowest BCUT2D eigenvalue weighted by atomic mass is 9.49. The highest BCUT2D eigenvalue weighted by Crippen LogP contribution is 2.65. The van der Waals surface area contributed by atoms with Crippen LogP contribution in [0.25, 0.3) is 0 Å². The van der Waals surface area contributed by atoms with Crippen molar-refractivity contribution in [2.45, 2.75) is 43.2 Å². The number of pyridine rings is 1. The van der Waals surface area contributed by atoms with E-state index in [1.165, 1.54) is 30.3 Å². The van der Waals surface area contributed by atoms with Crippen molar-refractivity contribution in [1.29, 1.82) is 0 Å². The minimum atomic E-state index is -4.78. The number of fused-ring (bicyclic) bond motifs is 4. The highest BCUT2D eigenvalue weighted by atomic mass is 35.5. The number of anilines is 1. The number of allylic oxidation sites excluding steroid dienone is 2. The minimum Gasteiger partial charge on any atom is -0.508 e. The number of rotatable bonds is 8. The fraction of sp³-hybridized carbons (Fsp3) is 0.333. The molecule has 2 aliphatic carbocycles. The van der Waals surface area contributed by atoms with Crippen LogP contribution >= 0.6 is 34.8 Å². The number of hydrogen-bond acceptors (Lipinski definition) is 8. The number of aromatic hydroxyl groups is 1. The lowest BCUT2D eigenvalue weighted by molar-refractivity contribution is -0.142. The number of nitrogens with one attached hydrogen (secondary N) is 1. The average molecular weight is 792 g/mol. The number of aromatic nitrogens is 1. The van der Waals surface area contributed by atoms with Gasteiger partial charge >= 0.3 is 12.1 Å². The van der Waals surface area contributed by atoms with Gasteiger partial charge in [0, 0.05) is 40.7 Å². The summed E-state index contributed by atoms with van der Waals surface area (Å²) in [5.74, 6) is -9.56. The van der Waals surface area contributed by atoms with Gasteiger partial charge in [0.15, 0.2) is 5.82 Å². The van der Waals surface area contributed by atoms with Gasteiger partial charge in [-0.3, -0.25) is 34.3 Å². The first-order valence-corrected chi connectivity index (χ1v) is 17.6. The number of nitrogens with zero attached hydrogens (tertiary/aromatic N) is 3. The standard InChI is InChI=1S/C36H28Cl3F3N4O7/c37-18-5-3-16(4-6-18)35-24(32(51)46(34(35)53)44-30-25(39)12-17(15-43-30)36(40,41)42)14-22-20(29(35)23-13-19(38)7-10-26(23)47)8-9-21-28(22)33(52)45(31(21)50)11-1-2-27(48)49/h3-8,10,12-13,15,21-22,24,28-29,47H,1-2,9,11,14H2,(H,43,44)(H,48,49). The summed E-state index contributed by atoms with van der Waals surface area (Å²) in [7, 11) is 0. The second-order valence-electron chi connectivity index (χ2n) is 13.4. The second-order valence-corrected chi connectivity index (χ2v) is 14.7. The molecule has 2 saturated heterocycles. The van der Waals surface area contributed by atoms with Gasteiger partial charge in [-0.1, -0.05) is 58.6 Å². The highest BCUT2D eigenvalue weighted by molar-refractivity contribution is 6.33. The van der Waals surface area contributed by atoms with Gasteiger partial charge in [-0.15, -0.1) is 0 Å². The Kier molecular flexibility index (Phi) is 9.22. The summed E-state index contributed by atoms with van der Waals surface area (Å²) >= 11 is 18.9. The normalized spacial score (nSPS) is 26.7. The van der Waals surface area contributed by atoms with Crippen LogP contribution in [0.5, 0.6) is 5.75 Å². The lowest BCUT2D eigenvalue weighted by Gasteiger charge is -2.50. The third-order valence-electron chi connectivity index (χ3n) is 10.7. The maximum atomic E-state index is 15.2. The summed E-state index contributed by atoms with van der Waals surface area (Å²) in [6.07, 6.45) is -2.82. The number of alkyl halides is 3. The molecule has 0 bridgehead atoms. The Labute approximate surface area is 314 Å². The zero-order valence-corrected chi connectivity index (χ0v) is 29.5. The van der Waals surface area contributed by atoms with Gasteiger partial charge in [0.25, 0.3) is 11.8 Å². The molecular formula is C36H28Cl3F3N4O7. The maximum Gasteiger partial charge on any atom is 0.417 e. The molecule has 3 N–H and O–H groups in total. The number of carbonyl (C=O) groups excluding carboxylic acids is 4. The van der Waals surface area contributed by atoms with Gasteiger partial charge in [-0.2, -0.15) is 18.2 Å². The van der Waals surface area contributed by atoms with E-state index in [0.717, 1.165) is 4.90 Å². The third-order valence-corrected chi connectivity index (χ3v) is 11.5. The van der Waals surface area contributed by atoms with Crippen LogP contribution < -0.4 is 5.43 Å². The molecule has 3 aromatic rings. The van der Waals surface area contributed by atoms with E-state index in [9.17, 15) is 37.5 Å². The molecule has 7 rings (SSSR count). The Morgan fingerprint density at radius 1 is 0.962 bits per heavy atom. The molecule has 2 aliphatic heterocycles. The molecular weight excluding hydrogens is 764 g/mol. The fourth-order valence-electron chi connectivity index (χ4n) is 8.56. The van der Waals surface area contributed by atoms with Crippen LogP contribution in [0.3, 0.4) is 0 Å². The minimum absolute atomic E-state index is 0.0344. The topological polar surface area (TPSA) is 157 Å². The summed E-state index contributed by atoms with van der Waals surface area (Å²) in [6.45, 7) is -0.119. The predicted molar refractivity (Wildman–Crippen MR) is 184 cm³/mol. The SMILES string of the molecule is O=C(O)CCCN1C(=O)C2CC=C3C(CC4C(=O)N(Nc5ncc(C(F)(F)F)cc5Cl)C(=O)C4(c4ccc(Cl)cc4)C3c3cc(Cl)ccc3O)C2C1=O. The van der Waals surface area contributed by atoms with Crippen LogP contribution in [0, 0.1) is 23.7 Å². The number of phenols is 1. The molecule has 3 heterocycles. The van der Waals surface area contributed by atoms with E-state index in [0.29, 0.717) is 33.4 Å². The van der Waals surface area contributed by atoms with Crippen LogP contribution in [-0.4, -0.2) is 61.2 Å². The molecule has 6 atom stereocenters. The number of aliphatic carboxylic acids is 1. The zero-order valence-electron chi connectivity index (χ0n) is 27.2. The summed E-state index contributed by atoms with van der Waals surface area (Å²) in [5, 5.41) is 21.2. The number of carboxylic acids is 1. The first kappa shape index (κ1) is 36.7. The summed E-state index contributed by atoms with van der Waals surface area (Å²) in [5.41, 5.74) is 0.468. The number of imide groups is 2. The quantitative estimate of drug-likeness (QED) is 0.169. The van der Waals surface area contributed by atoms with Crippen molar-refractivity contribution in [1.82, 2.24) is 14.9 Å². The molecule has 0 radical (unpaired) electrons. The molecule has 1 aromatic heterocycles. The third kappa shape index (κ3) is 5.91. The van der Waals surface area contributed by atoms with Crippen molar-refractivity contribution < 1.29 is 47.4 Å². The number of likely N-dealkylation sites (tertiary alicyclic amines) is 1. The van der Waals surface area contributed by atoms with Crippen LogP contribution in [0.2, 0.25) is 15.1 Å². The van der Waals surface area contributed by atoms with Gasteiger partial charge < -0.3 is 10.2 Å². The van der Waals surface area contributed by atoms with E-state index < -0.39 is 87.2 Å². The Morgan fingerprint density at radius 2 is 1.66 bits per heavy atom. The molecule has 0 spiro atoms. The first-order chi connectivity index (χ1) is 25.0. The zero-order chi connectivity index (χ0) is 38.1. The summed E-state index contributed by atoms with van der Waals surface area (Å²) in [4.78, 5) is 73.5. The van der Waals surface area contributed by atoms with E-state index in [1.54, 1.807) is 18.2 Å². The van der Waals surface area contributed by atoms with E-state index in [-0.39, 0.29) is 48.6 Å². The highest BCUT2D eigenvalue weighted by Gasteiger charge is 2.70. The number of hydrazine groups is 1. The van der Waals surface area contributed by atoms with Crippen molar-refractivity contribution in [2.24, 2.45) is 23.7 Å². The van der Waals surface area contributed by atoms with Gasteiger partial charge in [-0.05, 0) is 67.1 Å².